The normalized spacial score (nSPS) is 18.6. The lowest BCUT2D eigenvalue weighted by Gasteiger charge is -2.27. The number of aliphatic carboxylic acids is 1. The van der Waals surface area contributed by atoms with Crippen LogP contribution in [0.5, 0.6) is 0 Å². The molecule has 2 rings (SSSR count). The quantitative estimate of drug-likeness (QED) is 0.864. The number of carbonyl (C=O) groups excluding carboxylic acids is 1. The molecule has 0 bridgehead atoms. The van der Waals surface area contributed by atoms with Crippen molar-refractivity contribution in [2.45, 2.75) is 32.7 Å². The van der Waals surface area contributed by atoms with Crippen LogP contribution in [0, 0.1) is 5.92 Å². The summed E-state index contributed by atoms with van der Waals surface area (Å²) in [5, 5.41) is 8.64. The monoisotopic (exact) mass is 288 g/mol. The number of pyridine rings is 1. The van der Waals surface area contributed by atoms with Crippen LogP contribution in [-0.2, 0) is 4.79 Å². The van der Waals surface area contributed by atoms with E-state index in [1.165, 1.54) is 12.3 Å². The molecule has 1 unspecified atom stereocenters. The van der Waals surface area contributed by atoms with Gasteiger partial charge in [-0.15, -0.1) is 0 Å². The molecular weight excluding hydrogens is 268 g/mol. The van der Waals surface area contributed by atoms with Crippen molar-refractivity contribution in [1.82, 2.24) is 9.88 Å². The van der Waals surface area contributed by atoms with E-state index in [4.69, 9.17) is 5.11 Å². The minimum Gasteiger partial charge on any atom is -0.478 e. The van der Waals surface area contributed by atoms with E-state index in [2.05, 4.69) is 18.8 Å². The highest BCUT2D eigenvalue weighted by molar-refractivity contribution is 5.95. The van der Waals surface area contributed by atoms with Gasteiger partial charge < -0.3 is 10.0 Å². The molecule has 1 saturated heterocycles. The van der Waals surface area contributed by atoms with Crippen LogP contribution < -0.4 is 0 Å². The second kappa shape index (κ2) is 6.52. The van der Waals surface area contributed by atoms with Crippen molar-refractivity contribution in [2.24, 2.45) is 5.92 Å². The van der Waals surface area contributed by atoms with E-state index in [9.17, 15) is 9.59 Å². The molecule has 1 fully saturated rings. The molecule has 5 nitrogen and oxygen atoms in total. The highest BCUT2D eigenvalue weighted by atomic mass is 16.4. The topological polar surface area (TPSA) is 70.5 Å². The maximum Gasteiger partial charge on any atom is 0.328 e. The van der Waals surface area contributed by atoms with Crippen molar-refractivity contribution < 1.29 is 14.7 Å². The van der Waals surface area contributed by atoms with Gasteiger partial charge in [0.15, 0.2) is 0 Å². The van der Waals surface area contributed by atoms with Crippen molar-refractivity contribution in [2.75, 3.05) is 6.54 Å². The van der Waals surface area contributed by atoms with E-state index in [1.54, 1.807) is 12.3 Å². The summed E-state index contributed by atoms with van der Waals surface area (Å²) in [4.78, 5) is 29.1. The first-order valence-corrected chi connectivity index (χ1v) is 7.16. The molecule has 112 valence electrons. The maximum atomic E-state index is 12.6. The molecule has 0 spiro atoms. The van der Waals surface area contributed by atoms with Crippen molar-refractivity contribution >= 4 is 18.0 Å². The lowest BCUT2D eigenvalue weighted by Crippen LogP contribution is -2.38. The summed E-state index contributed by atoms with van der Waals surface area (Å²) in [5.41, 5.74) is 1.12. The van der Waals surface area contributed by atoms with E-state index in [-0.39, 0.29) is 11.9 Å². The largest absolute Gasteiger partial charge is 0.478 e. The smallest absolute Gasteiger partial charge is 0.328 e. The Labute approximate surface area is 124 Å². The van der Waals surface area contributed by atoms with Crippen LogP contribution in [0.3, 0.4) is 0 Å². The number of hydrogen-bond acceptors (Lipinski definition) is 3. The fourth-order valence-electron chi connectivity index (χ4n) is 2.74. The average Bonchev–Trinajstić information content (AvgIpc) is 2.94. The highest BCUT2D eigenvalue weighted by Crippen LogP contribution is 2.25. The lowest BCUT2D eigenvalue weighted by molar-refractivity contribution is -0.131. The predicted octanol–water partition coefficient (Wildman–Crippen LogP) is 2.44. The second-order valence-electron chi connectivity index (χ2n) is 5.63. The molecule has 1 atom stereocenters. The lowest BCUT2D eigenvalue weighted by atomic mass is 10.0. The molecule has 2 heterocycles. The third-order valence-corrected chi connectivity index (χ3v) is 3.75. The van der Waals surface area contributed by atoms with Crippen LogP contribution in [0.1, 0.15) is 42.6 Å². The molecule has 21 heavy (non-hydrogen) atoms. The Morgan fingerprint density at radius 3 is 2.86 bits per heavy atom. The summed E-state index contributed by atoms with van der Waals surface area (Å²) < 4.78 is 0. The van der Waals surface area contributed by atoms with Gasteiger partial charge in [0.2, 0.25) is 0 Å². The highest BCUT2D eigenvalue weighted by Gasteiger charge is 2.31. The number of amides is 1. The number of aromatic nitrogens is 1. The Kier molecular flexibility index (Phi) is 4.73. The van der Waals surface area contributed by atoms with E-state index in [0.29, 0.717) is 17.0 Å². The van der Waals surface area contributed by atoms with Gasteiger partial charge in [0.05, 0.1) is 5.56 Å². The summed E-state index contributed by atoms with van der Waals surface area (Å²) in [6, 6.07) is 1.96. The zero-order valence-electron chi connectivity index (χ0n) is 12.3. The summed E-state index contributed by atoms with van der Waals surface area (Å²) in [6.45, 7) is 5.03. The average molecular weight is 288 g/mol. The zero-order chi connectivity index (χ0) is 15.4. The first kappa shape index (κ1) is 15.2. The summed E-state index contributed by atoms with van der Waals surface area (Å²) in [5.74, 6) is -0.616. The molecule has 1 N–H and O–H groups in total. The minimum atomic E-state index is -1.02. The van der Waals surface area contributed by atoms with Gasteiger partial charge in [-0.05, 0) is 36.5 Å². The Hall–Kier alpha value is -2.17. The van der Waals surface area contributed by atoms with Crippen LogP contribution >= 0.6 is 0 Å². The Morgan fingerprint density at radius 2 is 2.19 bits per heavy atom. The van der Waals surface area contributed by atoms with Gasteiger partial charge in [-0.1, -0.05) is 13.8 Å². The molecule has 5 heteroatoms. The number of rotatable bonds is 4. The first-order valence-electron chi connectivity index (χ1n) is 7.16. The van der Waals surface area contributed by atoms with Gasteiger partial charge >= 0.3 is 5.97 Å². The molecule has 0 radical (unpaired) electrons. The number of carboxylic acid groups (broad SMARTS) is 1. The van der Waals surface area contributed by atoms with Gasteiger partial charge in [-0.2, -0.15) is 0 Å². The van der Waals surface area contributed by atoms with E-state index in [1.807, 2.05) is 4.90 Å². The van der Waals surface area contributed by atoms with Crippen molar-refractivity contribution in [3.8, 4) is 0 Å². The standard InChI is InChI=1S/C16H20N2O3/c1-11(2)14-4-3-7-18(14)16(21)13-8-12(9-17-10-13)5-6-15(19)20/h5-6,8-11,14H,3-4,7H2,1-2H3,(H,19,20). The fourth-order valence-corrected chi connectivity index (χ4v) is 2.74. The van der Waals surface area contributed by atoms with Crippen molar-refractivity contribution in [1.29, 1.82) is 0 Å². The Morgan fingerprint density at radius 1 is 1.43 bits per heavy atom. The number of hydrogen-bond donors (Lipinski definition) is 1. The van der Waals surface area contributed by atoms with Crippen molar-refractivity contribution in [3.63, 3.8) is 0 Å². The number of carbonyl (C=O) groups is 2. The third-order valence-electron chi connectivity index (χ3n) is 3.75. The Bertz CT molecular complexity index is 566. The molecule has 1 amide bonds. The molecule has 1 aromatic rings. The van der Waals surface area contributed by atoms with Gasteiger partial charge in [-0.3, -0.25) is 9.78 Å². The summed E-state index contributed by atoms with van der Waals surface area (Å²) >= 11 is 0. The van der Waals surface area contributed by atoms with Crippen molar-refractivity contribution in [3.05, 3.63) is 35.7 Å². The van der Waals surface area contributed by atoms with Crippen LogP contribution in [0.15, 0.2) is 24.5 Å². The van der Waals surface area contributed by atoms with E-state index in [0.717, 1.165) is 25.5 Å². The first-order chi connectivity index (χ1) is 9.99. The van der Waals surface area contributed by atoms with Crippen LogP contribution in [0.4, 0.5) is 0 Å². The summed E-state index contributed by atoms with van der Waals surface area (Å²) in [6.07, 6.45) is 7.63. The van der Waals surface area contributed by atoms with Gasteiger partial charge in [0.25, 0.3) is 5.91 Å². The van der Waals surface area contributed by atoms with Gasteiger partial charge in [0.1, 0.15) is 0 Å². The molecular formula is C16H20N2O3. The Balaban J connectivity index is 2.19. The van der Waals surface area contributed by atoms with E-state index >= 15 is 0 Å². The van der Waals surface area contributed by atoms with Gasteiger partial charge in [0, 0.05) is 31.1 Å². The third kappa shape index (κ3) is 3.68. The van der Waals surface area contributed by atoms with E-state index < -0.39 is 5.97 Å². The zero-order valence-corrected chi connectivity index (χ0v) is 12.3. The maximum absolute atomic E-state index is 12.6. The predicted molar refractivity (Wildman–Crippen MR) is 79.8 cm³/mol. The molecule has 0 saturated carbocycles. The molecule has 0 aromatic carbocycles. The second-order valence-corrected chi connectivity index (χ2v) is 5.63. The molecule has 1 aromatic heterocycles. The molecule has 0 aliphatic carbocycles. The molecule has 1 aliphatic rings. The SMILES string of the molecule is CC(C)C1CCCN1C(=O)c1cncc(C=CC(=O)O)c1. The fraction of sp³-hybridized carbons (Fsp3) is 0.438. The molecule has 1 aliphatic heterocycles. The number of carboxylic acids is 1. The van der Waals surface area contributed by atoms with Gasteiger partial charge in [-0.25, -0.2) is 4.79 Å². The number of likely N-dealkylation sites (tertiary alicyclic amines) is 1. The minimum absolute atomic E-state index is 0.0238. The summed E-state index contributed by atoms with van der Waals surface area (Å²) in [7, 11) is 0. The van der Waals surface area contributed by atoms with Crippen LogP contribution in [-0.4, -0.2) is 39.5 Å². The van der Waals surface area contributed by atoms with Crippen LogP contribution in [0.25, 0.3) is 6.08 Å². The van der Waals surface area contributed by atoms with Crippen LogP contribution in [0.2, 0.25) is 0 Å². The number of nitrogens with zero attached hydrogens (tertiary/aromatic N) is 2.